The maximum atomic E-state index is 12.0. The fourth-order valence-corrected chi connectivity index (χ4v) is 2.26. The first-order chi connectivity index (χ1) is 10.1. The molecule has 1 N–H and O–H groups in total. The third kappa shape index (κ3) is 2.10. The van der Waals surface area contributed by atoms with Gasteiger partial charge >= 0.3 is 5.69 Å². The number of hydrogen-bond acceptors (Lipinski definition) is 4. The summed E-state index contributed by atoms with van der Waals surface area (Å²) >= 11 is 6.10. The maximum Gasteiger partial charge on any atom is 0.333 e. The van der Waals surface area contributed by atoms with Gasteiger partial charge in [0, 0.05) is 17.8 Å². The van der Waals surface area contributed by atoms with Crippen LogP contribution in [0.2, 0.25) is 5.02 Å². The lowest BCUT2D eigenvalue weighted by molar-refractivity contribution is 0.893. The largest absolute Gasteiger partial charge is 0.333 e. The standard InChI is InChI=1S/C14H7ClN4O2/c15-10-3-4-11(12-9(10)2-1-5-17-12)19-7-8(6-16)13(20)18-14(19)21/h1-5,7H,(H,18,20,21). The van der Waals surface area contributed by atoms with E-state index >= 15 is 0 Å². The normalized spacial score (nSPS) is 10.5. The van der Waals surface area contributed by atoms with Crippen molar-refractivity contribution in [1.29, 1.82) is 5.26 Å². The van der Waals surface area contributed by atoms with Gasteiger partial charge in [0.2, 0.25) is 0 Å². The summed E-state index contributed by atoms with van der Waals surface area (Å²) in [4.78, 5) is 29.7. The SMILES string of the molecule is N#Cc1cn(-c2ccc(Cl)c3cccnc23)c(=O)[nH]c1=O. The molecule has 3 aromatic rings. The Bertz CT molecular complexity index is 1010. The molecule has 102 valence electrons. The topological polar surface area (TPSA) is 91.5 Å². The lowest BCUT2D eigenvalue weighted by Crippen LogP contribution is -2.30. The Hall–Kier alpha value is -2.91. The van der Waals surface area contributed by atoms with Crippen LogP contribution < -0.4 is 11.2 Å². The maximum absolute atomic E-state index is 12.0. The molecule has 0 aliphatic rings. The Morgan fingerprint density at radius 2 is 2.10 bits per heavy atom. The zero-order chi connectivity index (χ0) is 15.0. The average Bonchev–Trinajstić information content (AvgIpc) is 2.49. The van der Waals surface area contributed by atoms with E-state index in [1.165, 1.54) is 10.8 Å². The molecule has 7 heteroatoms. The number of nitriles is 1. The third-order valence-electron chi connectivity index (χ3n) is 3.02. The lowest BCUT2D eigenvalue weighted by Gasteiger charge is -2.09. The molecule has 1 aromatic carbocycles. The van der Waals surface area contributed by atoms with Crippen LogP contribution in [0.5, 0.6) is 0 Å². The van der Waals surface area contributed by atoms with Crippen LogP contribution >= 0.6 is 11.6 Å². The molecule has 2 heterocycles. The Morgan fingerprint density at radius 1 is 1.29 bits per heavy atom. The summed E-state index contributed by atoms with van der Waals surface area (Å²) in [6.45, 7) is 0. The molecule has 3 rings (SSSR count). The predicted molar refractivity (Wildman–Crippen MR) is 77.7 cm³/mol. The number of pyridine rings is 1. The van der Waals surface area contributed by atoms with Gasteiger partial charge in [-0.3, -0.25) is 19.3 Å². The van der Waals surface area contributed by atoms with Gasteiger partial charge in [-0.2, -0.15) is 5.26 Å². The molecule has 0 aliphatic carbocycles. The first-order valence-electron chi connectivity index (χ1n) is 5.91. The highest BCUT2D eigenvalue weighted by Gasteiger charge is 2.11. The zero-order valence-electron chi connectivity index (χ0n) is 10.5. The van der Waals surface area contributed by atoms with Crippen LogP contribution in [0.3, 0.4) is 0 Å². The number of aromatic nitrogens is 3. The minimum Gasteiger partial charge on any atom is -0.273 e. The second-order valence-electron chi connectivity index (χ2n) is 4.25. The first-order valence-corrected chi connectivity index (χ1v) is 6.29. The molecule has 0 fully saturated rings. The van der Waals surface area contributed by atoms with Gasteiger partial charge in [0.25, 0.3) is 5.56 Å². The summed E-state index contributed by atoms with van der Waals surface area (Å²) in [5.74, 6) is 0. The molecular weight excluding hydrogens is 292 g/mol. The van der Waals surface area contributed by atoms with Crippen molar-refractivity contribution in [3.05, 3.63) is 68.1 Å². The number of nitrogens with one attached hydrogen (secondary N) is 1. The summed E-state index contributed by atoms with van der Waals surface area (Å²) in [5, 5.41) is 10.1. The molecule has 0 saturated carbocycles. The highest BCUT2D eigenvalue weighted by Crippen LogP contribution is 2.26. The van der Waals surface area contributed by atoms with E-state index in [2.05, 4.69) is 9.97 Å². The Balaban J connectivity index is 2.42. The number of fused-ring (bicyclic) bond motifs is 1. The van der Waals surface area contributed by atoms with E-state index in [9.17, 15) is 9.59 Å². The highest BCUT2D eigenvalue weighted by atomic mass is 35.5. The van der Waals surface area contributed by atoms with Crippen LogP contribution in [-0.2, 0) is 0 Å². The minimum absolute atomic E-state index is 0.159. The first kappa shape index (κ1) is 13.1. The minimum atomic E-state index is -0.718. The molecule has 0 amide bonds. The van der Waals surface area contributed by atoms with Gasteiger partial charge in [0.05, 0.1) is 16.2 Å². The molecule has 0 spiro atoms. The van der Waals surface area contributed by atoms with Crippen LogP contribution in [0, 0.1) is 11.3 Å². The number of aromatic amines is 1. The molecular formula is C14H7ClN4O2. The fourth-order valence-electron chi connectivity index (χ4n) is 2.05. The number of hydrogen-bond donors (Lipinski definition) is 1. The van der Waals surface area contributed by atoms with Crippen molar-refractivity contribution < 1.29 is 0 Å². The molecule has 0 unspecified atom stereocenters. The number of halogens is 1. The molecule has 0 bridgehead atoms. The number of H-pyrrole nitrogens is 1. The smallest absolute Gasteiger partial charge is 0.273 e. The van der Waals surface area contributed by atoms with Crippen LogP contribution in [0.25, 0.3) is 16.6 Å². The van der Waals surface area contributed by atoms with Gasteiger partial charge in [-0.05, 0) is 24.3 Å². The number of benzene rings is 1. The monoisotopic (exact) mass is 298 g/mol. The van der Waals surface area contributed by atoms with Gasteiger partial charge in [-0.1, -0.05) is 11.6 Å². The zero-order valence-corrected chi connectivity index (χ0v) is 11.3. The summed E-state index contributed by atoms with van der Waals surface area (Å²) in [5.41, 5.74) is -0.581. The quantitative estimate of drug-likeness (QED) is 0.738. The summed E-state index contributed by atoms with van der Waals surface area (Å²) in [6.07, 6.45) is 2.77. The van der Waals surface area contributed by atoms with Crippen LogP contribution in [-0.4, -0.2) is 14.5 Å². The molecule has 0 aliphatic heterocycles. The van der Waals surface area contributed by atoms with E-state index in [-0.39, 0.29) is 5.56 Å². The molecule has 2 aromatic heterocycles. The lowest BCUT2D eigenvalue weighted by atomic mass is 10.2. The number of rotatable bonds is 1. The van der Waals surface area contributed by atoms with E-state index in [0.29, 0.717) is 21.6 Å². The van der Waals surface area contributed by atoms with Crippen molar-refractivity contribution >= 4 is 22.5 Å². The van der Waals surface area contributed by atoms with Crippen molar-refractivity contribution in [2.45, 2.75) is 0 Å². The summed E-state index contributed by atoms with van der Waals surface area (Å²) in [7, 11) is 0. The van der Waals surface area contributed by atoms with Crippen molar-refractivity contribution in [3.63, 3.8) is 0 Å². The summed E-state index contributed by atoms with van der Waals surface area (Å²) in [6, 6.07) is 8.49. The average molecular weight is 299 g/mol. The van der Waals surface area contributed by atoms with E-state index in [0.717, 1.165) is 0 Å². The van der Waals surface area contributed by atoms with Gasteiger partial charge in [-0.25, -0.2) is 4.79 Å². The van der Waals surface area contributed by atoms with E-state index in [1.807, 2.05) is 0 Å². The van der Waals surface area contributed by atoms with Crippen molar-refractivity contribution in [2.75, 3.05) is 0 Å². The summed E-state index contributed by atoms with van der Waals surface area (Å²) < 4.78 is 1.17. The molecule has 6 nitrogen and oxygen atoms in total. The molecule has 0 saturated heterocycles. The van der Waals surface area contributed by atoms with Gasteiger partial charge in [-0.15, -0.1) is 0 Å². The predicted octanol–water partition coefficient (Wildman–Crippen LogP) is 1.60. The Kier molecular flexibility index (Phi) is 3.05. The van der Waals surface area contributed by atoms with Crippen molar-refractivity contribution in [1.82, 2.24) is 14.5 Å². The van der Waals surface area contributed by atoms with Gasteiger partial charge < -0.3 is 0 Å². The van der Waals surface area contributed by atoms with E-state index in [1.54, 1.807) is 36.5 Å². The molecule has 21 heavy (non-hydrogen) atoms. The van der Waals surface area contributed by atoms with Crippen LogP contribution in [0.1, 0.15) is 5.56 Å². The van der Waals surface area contributed by atoms with E-state index in [4.69, 9.17) is 16.9 Å². The second kappa shape index (κ2) is 4.89. The number of nitrogens with zero attached hydrogens (tertiary/aromatic N) is 3. The highest BCUT2D eigenvalue weighted by molar-refractivity contribution is 6.35. The fraction of sp³-hybridized carbons (Fsp3) is 0. The molecule has 0 atom stereocenters. The Morgan fingerprint density at radius 3 is 2.86 bits per heavy atom. The van der Waals surface area contributed by atoms with Crippen molar-refractivity contribution in [2.24, 2.45) is 0 Å². The van der Waals surface area contributed by atoms with Crippen LogP contribution in [0.15, 0.2) is 46.2 Å². The van der Waals surface area contributed by atoms with Gasteiger partial charge in [0.1, 0.15) is 11.6 Å². The van der Waals surface area contributed by atoms with Gasteiger partial charge in [0.15, 0.2) is 0 Å². The van der Waals surface area contributed by atoms with Crippen molar-refractivity contribution in [3.8, 4) is 11.8 Å². The van der Waals surface area contributed by atoms with E-state index < -0.39 is 11.2 Å². The van der Waals surface area contributed by atoms with Crippen LogP contribution in [0.4, 0.5) is 0 Å². The molecule has 0 radical (unpaired) electrons. The Labute approximate surface area is 122 Å². The third-order valence-corrected chi connectivity index (χ3v) is 3.35. The second-order valence-corrected chi connectivity index (χ2v) is 4.66.